The van der Waals surface area contributed by atoms with Gasteiger partial charge >= 0.3 is 0 Å². The number of hydrogen-bond donors (Lipinski definition) is 2. The van der Waals surface area contributed by atoms with Crippen LogP contribution in [0.1, 0.15) is 37.1 Å². The molecule has 15 heavy (non-hydrogen) atoms. The fourth-order valence-corrected chi connectivity index (χ4v) is 2.78. The van der Waals surface area contributed by atoms with Crippen LogP contribution in [0.2, 0.25) is 0 Å². The molecule has 0 bridgehead atoms. The minimum absolute atomic E-state index is 0.241. The van der Waals surface area contributed by atoms with Gasteiger partial charge in [0.05, 0.1) is 6.61 Å². The lowest BCUT2D eigenvalue weighted by atomic mass is 10.1. The molecular formula is C12H19NOS. The van der Waals surface area contributed by atoms with Crippen molar-refractivity contribution in [2.75, 3.05) is 6.61 Å². The van der Waals surface area contributed by atoms with Crippen molar-refractivity contribution >= 4 is 11.3 Å². The van der Waals surface area contributed by atoms with Gasteiger partial charge in [0.1, 0.15) is 0 Å². The van der Waals surface area contributed by atoms with Crippen molar-refractivity contribution in [3.63, 3.8) is 0 Å². The lowest BCUT2D eigenvalue weighted by molar-refractivity contribution is 0.223. The van der Waals surface area contributed by atoms with Crippen LogP contribution in [0.25, 0.3) is 0 Å². The molecule has 0 aromatic carbocycles. The van der Waals surface area contributed by atoms with E-state index in [1.807, 2.05) is 11.3 Å². The first kappa shape index (κ1) is 11.1. The fourth-order valence-electron chi connectivity index (χ4n) is 1.90. The van der Waals surface area contributed by atoms with Crippen LogP contribution in [0.5, 0.6) is 0 Å². The van der Waals surface area contributed by atoms with Gasteiger partial charge in [-0.3, -0.25) is 0 Å². The molecule has 2 N–H and O–H groups in total. The molecule has 2 rings (SSSR count). The third-order valence-electron chi connectivity index (χ3n) is 3.07. The highest BCUT2D eigenvalue weighted by Crippen LogP contribution is 2.42. The predicted molar refractivity (Wildman–Crippen MR) is 64.1 cm³/mol. The van der Waals surface area contributed by atoms with Gasteiger partial charge < -0.3 is 10.4 Å². The summed E-state index contributed by atoms with van der Waals surface area (Å²) >= 11 is 1.82. The van der Waals surface area contributed by atoms with Crippen molar-refractivity contribution in [2.24, 2.45) is 5.92 Å². The zero-order valence-electron chi connectivity index (χ0n) is 9.15. The molecule has 1 aromatic rings. The number of rotatable bonds is 6. The van der Waals surface area contributed by atoms with E-state index in [4.69, 9.17) is 0 Å². The maximum atomic E-state index is 9.22. The number of aliphatic hydroxyl groups is 1. The smallest absolute Gasteiger partial charge is 0.0584 e. The van der Waals surface area contributed by atoms with Gasteiger partial charge in [0.25, 0.3) is 0 Å². The highest BCUT2D eigenvalue weighted by Gasteiger charge is 2.33. The molecule has 1 aliphatic carbocycles. The largest absolute Gasteiger partial charge is 0.395 e. The summed E-state index contributed by atoms with van der Waals surface area (Å²) in [5.74, 6) is 0.796. The molecule has 3 heteroatoms. The van der Waals surface area contributed by atoms with Gasteiger partial charge in [-0.15, -0.1) is 11.3 Å². The van der Waals surface area contributed by atoms with Gasteiger partial charge in [-0.1, -0.05) is 13.0 Å². The van der Waals surface area contributed by atoms with Crippen LogP contribution < -0.4 is 5.32 Å². The van der Waals surface area contributed by atoms with E-state index in [9.17, 15) is 5.11 Å². The molecular weight excluding hydrogens is 206 g/mol. The van der Waals surface area contributed by atoms with Crippen LogP contribution >= 0.6 is 11.3 Å². The zero-order chi connectivity index (χ0) is 10.7. The van der Waals surface area contributed by atoms with E-state index in [1.54, 1.807) is 0 Å². The maximum Gasteiger partial charge on any atom is 0.0584 e. The minimum atomic E-state index is 0.241. The van der Waals surface area contributed by atoms with E-state index in [1.165, 1.54) is 17.7 Å². The maximum absolute atomic E-state index is 9.22. The molecule has 0 aliphatic heterocycles. The fraction of sp³-hybridized carbons (Fsp3) is 0.667. The van der Waals surface area contributed by atoms with E-state index in [0.717, 1.165) is 12.3 Å². The van der Waals surface area contributed by atoms with Crippen molar-refractivity contribution in [2.45, 2.75) is 38.3 Å². The third-order valence-corrected chi connectivity index (χ3v) is 4.03. The van der Waals surface area contributed by atoms with Crippen LogP contribution in [-0.4, -0.2) is 17.8 Å². The van der Waals surface area contributed by atoms with Crippen LogP contribution in [0, 0.1) is 5.92 Å². The summed E-state index contributed by atoms with van der Waals surface area (Å²) in [6.07, 6.45) is 3.65. The second kappa shape index (κ2) is 5.10. The average molecular weight is 225 g/mol. The van der Waals surface area contributed by atoms with Gasteiger partial charge in [-0.2, -0.15) is 0 Å². The van der Waals surface area contributed by atoms with Crippen LogP contribution in [-0.2, 0) is 0 Å². The van der Waals surface area contributed by atoms with E-state index in [0.29, 0.717) is 6.04 Å². The van der Waals surface area contributed by atoms with Crippen LogP contribution in [0.4, 0.5) is 0 Å². The van der Waals surface area contributed by atoms with Gasteiger partial charge in [0, 0.05) is 17.0 Å². The van der Waals surface area contributed by atoms with Crippen molar-refractivity contribution in [3.8, 4) is 0 Å². The Bertz CT molecular complexity index is 278. The number of thiophene rings is 1. The van der Waals surface area contributed by atoms with E-state index >= 15 is 0 Å². The predicted octanol–water partition coefficient (Wildman–Crippen LogP) is 2.56. The first-order valence-corrected chi connectivity index (χ1v) is 6.63. The number of nitrogens with one attached hydrogen (secondary N) is 1. The second-order valence-electron chi connectivity index (χ2n) is 4.28. The molecule has 0 spiro atoms. The SMILES string of the molecule is CC[C@H](CO)NC(c1cccs1)C1CC1. The monoisotopic (exact) mass is 225 g/mol. The molecule has 1 aliphatic rings. The molecule has 84 valence electrons. The quantitative estimate of drug-likeness (QED) is 0.780. The molecule has 0 radical (unpaired) electrons. The van der Waals surface area contributed by atoms with Crippen molar-refractivity contribution in [1.82, 2.24) is 5.32 Å². The lowest BCUT2D eigenvalue weighted by Gasteiger charge is -2.22. The Hall–Kier alpha value is -0.380. The molecule has 1 heterocycles. The normalized spacial score (nSPS) is 20.1. The summed E-state index contributed by atoms with van der Waals surface area (Å²) in [6, 6.07) is 5.03. The van der Waals surface area contributed by atoms with Gasteiger partial charge in [-0.25, -0.2) is 0 Å². The Morgan fingerprint density at radius 1 is 1.60 bits per heavy atom. The van der Waals surface area contributed by atoms with Gasteiger partial charge in [0.2, 0.25) is 0 Å². The summed E-state index contributed by atoms with van der Waals surface area (Å²) in [7, 11) is 0. The number of aliphatic hydroxyl groups excluding tert-OH is 1. The molecule has 0 amide bonds. The molecule has 1 saturated carbocycles. The molecule has 2 atom stereocenters. The molecule has 1 fully saturated rings. The first-order valence-electron chi connectivity index (χ1n) is 5.75. The standard InChI is InChI=1S/C12H19NOS/c1-2-10(8-14)13-12(9-5-6-9)11-4-3-7-15-11/h3-4,7,9-10,12-14H,2,5-6,8H2,1H3/t10-,12?/m1/s1. The van der Waals surface area contributed by atoms with Crippen LogP contribution in [0.15, 0.2) is 17.5 Å². The molecule has 1 unspecified atom stereocenters. The van der Waals surface area contributed by atoms with Gasteiger partial charge in [0.15, 0.2) is 0 Å². The zero-order valence-corrected chi connectivity index (χ0v) is 9.96. The number of hydrogen-bond acceptors (Lipinski definition) is 3. The molecule has 2 nitrogen and oxygen atoms in total. The Kier molecular flexibility index (Phi) is 3.78. The van der Waals surface area contributed by atoms with Gasteiger partial charge in [-0.05, 0) is 36.6 Å². The topological polar surface area (TPSA) is 32.3 Å². The Balaban J connectivity index is 2.00. The Labute approximate surface area is 95.3 Å². The van der Waals surface area contributed by atoms with Crippen molar-refractivity contribution < 1.29 is 5.11 Å². The lowest BCUT2D eigenvalue weighted by Crippen LogP contribution is -2.35. The van der Waals surface area contributed by atoms with E-state index < -0.39 is 0 Å². The van der Waals surface area contributed by atoms with Crippen molar-refractivity contribution in [1.29, 1.82) is 0 Å². The Morgan fingerprint density at radius 2 is 2.40 bits per heavy atom. The van der Waals surface area contributed by atoms with E-state index in [-0.39, 0.29) is 12.6 Å². The first-order chi connectivity index (χ1) is 7.35. The molecule has 0 saturated heterocycles. The minimum Gasteiger partial charge on any atom is -0.395 e. The Morgan fingerprint density at radius 3 is 2.87 bits per heavy atom. The highest BCUT2D eigenvalue weighted by atomic mass is 32.1. The average Bonchev–Trinajstić information content (AvgIpc) is 2.95. The highest BCUT2D eigenvalue weighted by molar-refractivity contribution is 7.10. The second-order valence-corrected chi connectivity index (χ2v) is 5.26. The third kappa shape index (κ3) is 2.80. The summed E-state index contributed by atoms with van der Waals surface area (Å²) in [5.41, 5.74) is 0. The summed E-state index contributed by atoms with van der Waals surface area (Å²) in [5, 5.41) is 14.9. The van der Waals surface area contributed by atoms with Crippen molar-refractivity contribution in [3.05, 3.63) is 22.4 Å². The summed E-state index contributed by atoms with van der Waals surface area (Å²) in [6.45, 7) is 2.36. The van der Waals surface area contributed by atoms with Crippen LogP contribution in [0.3, 0.4) is 0 Å². The summed E-state index contributed by atoms with van der Waals surface area (Å²) in [4.78, 5) is 1.42. The van der Waals surface area contributed by atoms with E-state index in [2.05, 4.69) is 29.8 Å². The summed E-state index contributed by atoms with van der Waals surface area (Å²) < 4.78 is 0. The molecule has 1 aromatic heterocycles.